The Morgan fingerprint density at radius 1 is 1.41 bits per heavy atom. The number of ether oxygens (including phenoxy) is 1. The van der Waals surface area contributed by atoms with Crippen LogP contribution in [0.4, 0.5) is 4.39 Å². The smallest absolute Gasteiger partial charge is 0.379 e. The van der Waals surface area contributed by atoms with E-state index in [1.807, 2.05) is 38.1 Å². The molecule has 1 saturated heterocycles. The second-order valence-corrected chi connectivity index (χ2v) is 8.49. The van der Waals surface area contributed by atoms with Crippen LogP contribution in [0.15, 0.2) is 29.2 Å². The highest BCUT2D eigenvalue weighted by molar-refractivity contribution is 8.02. The summed E-state index contributed by atoms with van der Waals surface area (Å²) in [5.41, 5.74) is 0.129. The fraction of sp³-hybridized carbons (Fsp3) is 0.571. The van der Waals surface area contributed by atoms with Gasteiger partial charge in [-0.1, -0.05) is 47.1 Å². The van der Waals surface area contributed by atoms with Crippen molar-refractivity contribution in [1.29, 1.82) is 0 Å². The first-order chi connectivity index (χ1) is 10.3. The number of nitrogens with zero attached hydrogens (tertiary/aromatic N) is 1. The second-order valence-electron chi connectivity index (χ2n) is 5.69. The zero-order valence-corrected chi connectivity index (χ0v) is 15.0. The van der Waals surface area contributed by atoms with Crippen LogP contribution in [0.1, 0.15) is 25.5 Å². The van der Waals surface area contributed by atoms with Crippen molar-refractivity contribution in [2.45, 2.75) is 47.6 Å². The first-order valence-electron chi connectivity index (χ1n) is 7.01. The van der Waals surface area contributed by atoms with Crippen LogP contribution in [0.3, 0.4) is 0 Å². The fourth-order valence-electron chi connectivity index (χ4n) is 3.01. The average molecular weight is 366 g/mol. The summed E-state index contributed by atoms with van der Waals surface area (Å²) in [4.78, 5) is 2.59. The van der Waals surface area contributed by atoms with Gasteiger partial charge in [-0.05, 0) is 38.4 Å². The molecule has 8 heteroatoms. The highest BCUT2D eigenvalue weighted by atomic mass is 35.5. The Balaban J connectivity index is 2.24. The summed E-state index contributed by atoms with van der Waals surface area (Å²) in [5.74, 6) is 0. The van der Waals surface area contributed by atoms with Gasteiger partial charge in [-0.25, -0.2) is 4.39 Å². The fourth-order valence-corrected chi connectivity index (χ4v) is 4.12. The SMILES string of the molecule is CB(O)N1[C@H](CF)[C@@H](c2ccc(SC(Cl)Cl)cc2)OC1(C)C. The Kier molecular flexibility index (Phi) is 6.08. The summed E-state index contributed by atoms with van der Waals surface area (Å²) in [6.45, 7) is 4.69. The minimum absolute atomic E-state index is 0.434. The number of thioether (sulfide) groups is 1. The zero-order valence-electron chi connectivity index (χ0n) is 12.7. The van der Waals surface area contributed by atoms with Crippen molar-refractivity contribution in [3.63, 3.8) is 0 Å². The summed E-state index contributed by atoms with van der Waals surface area (Å²) in [7, 11) is -0.788. The van der Waals surface area contributed by atoms with Gasteiger partial charge in [-0.2, -0.15) is 0 Å². The molecular weight excluding hydrogens is 347 g/mol. The molecule has 1 aliphatic heterocycles. The summed E-state index contributed by atoms with van der Waals surface area (Å²) in [5, 5.41) is 9.94. The molecule has 1 N–H and O–H groups in total. The van der Waals surface area contributed by atoms with Crippen LogP contribution in [0.5, 0.6) is 0 Å². The maximum absolute atomic E-state index is 13.6. The average Bonchev–Trinajstić information content (AvgIpc) is 2.70. The lowest BCUT2D eigenvalue weighted by Crippen LogP contribution is -2.52. The van der Waals surface area contributed by atoms with Crippen LogP contribution in [0, 0.1) is 0 Å². The minimum atomic E-state index is -0.788. The van der Waals surface area contributed by atoms with E-state index in [0.29, 0.717) is 0 Å². The first kappa shape index (κ1) is 18.4. The van der Waals surface area contributed by atoms with Gasteiger partial charge in [0, 0.05) is 4.90 Å². The maximum atomic E-state index is 13.6. The molecule has 3 nitrogen and oxygen atoms in total. The van der Waals surface area contributed by atoms with E-state index in [9.17, 15) is 9.41 Å². The van der Waals surface area contributed by atoms with Crippen molar-refractivity contribution in [3.05, 3.63) is 29.8 Å². The van der Waals surface area contributed by atoms with Gasteiger partial charge in [0.05, 0.1) is 6.04 Å². The van der Waals surface area contributed by atoms with Gasteiger partial charge in [0.2, 0.25) is 0 Å². The molecule has 1 aliphatic rings. The van der Waals surface area contributed by atoms with Gasteiger partial charge >= 0.3 is 7.05 Å². The molecule has 0 amide bonds. The molecule has 0 saturated carbocycles. The van der Waals surface area contributed by atoms with E-state index in [-0.39, 0.29) is 0 Å². The van der Waals surface area contributed by atoms with Crippen molar-refractivity contribution in [2.24, 2.45) is 0 Å². The van der Waals surface area contributed by atoms with Crippen molar-refractivity contribution in [2.75, 3.05) is 6.67 Å². The summed E-state index contributed by atoms with van der Waals surface area (Å²) in [6, 6.07) is 7.01. The molecule has 0 radical (unpaired) electrons. The van der Waals surface area contributed by atoms with Crippen LogP contribution >= 0.6 is 35.0 Å². The third-order valence-corrected chi connectivity index (χ3v) is 5.00. The first-order valence-corrected chi connectivity index (χ1v) is 8.76. The molecule has 2 rings (SSSR count). The van der Waals surface area contributed by atoms with Gasteiger partial charge in [-0.15, -0.1) is 0 Å². The molecule has 1 aromatic rings. The number of rotatable bonds is 5. The van der Waals surface area contributed by atoms with E-state index in [1.54, 1.807) is 11.6 Å². The molecule has 0 unspecified atom stereocenters. The Morgan fingerprint density at radius 2 is 2.00 bits per heavy atom. The summed E-state index contributed by atoms with van der Waals surface area (Å²) in [6.07, 6.45) is -0.434. The third kappa shape index (κ3) is 3.92. The normalized spacial score (nSPS) is 24.9. The third-order valence-electron chi connectivity index (χ3n) is 3.74. The highest BCUT2D eigenvalue weighted by Gasteiger charge is 2.50. The predicted octanol–water partition coefficient (Wildman–Crippen LogP) is 4.10. The van der Waals surface area contributed by atoms with Crippen LogP contribution in [-0.4, -0.2) is 39.5 Å². The molecule has 0 aliphatic carbocycles. The molecular formula is C14H19BCl2FNO2S. The van der Waals surface area contributed by atoms with Crippen molar-refractivity contribution < 1.29 is 14.2 Å². The van der Waals surface area contributed by atoms with E-state index in [0.717, 1.165) is 10.5 Å². The van der Waals surface area contributed by atoms with Crippen molar-refractivity contribution in [1.82, 2.24) is 4.81 Å². The molecule has 122 valence electrons. The summed E-state index contributed by atoms with van der Waals surface area (Å²) < 4.78 is 19.0. The molecule has 1 aromatic carbocycles. The van der Waals surface area contributed by atoms with Gasteiger partial charge < -0.3 is 9.76 Å². The Morgan fingerprint density at radius 3 is 2.45 bits per heavy atom. The number of halogens is 3. The van der Waals surface area contributed by atoms with Crippen molar-refractivity contribution >= 4 is 42.0 Å². The molecule has 1 fully saturated rings. The Bertz CT molecular complexity index is 504. The number of hydrogen-bond acceptors (Lipinski definition) is 4. The van der Waals surface area contributed by atoms with E-state index >= 15 is 0 Å². The number of alkyl halides is 3. The standard InChI is InChI=1S/C14H19BCl2FNO2S/c1-14(2)19(15(3)20)11(8-18)12(21-14)9-4-6-10(7-5-9)22-13(16)17/h4-7,11-13,20H,8H2,1-3H3/t11-,12-/m1/s1. The molecule has 22 heavy (non-hydrogen) atoms. The van der Waals surface area contributed by atoms with E-state index in [2.05, 4.69) is 0 Å². The van der Waals surface area contributed by atoms with E-state index < -0.39 is 35.8 Å². The summed E-state index contributed by atoms with van der Waals surface area (Å²) >= 11 is 12.8. The van der Waals surface area contributed by atoms with Crippen LogP contribution in [0.25, 0.3) is 0 Å². The topological polar surface area (TPSA) is 32.7 Å². The monoisotopic (exact) mass is 365 g/mol. The van der Waals surface area contributed by atoms with E-state index in [4.69, 9.17) is 27.9 Å². The lowest BCUT2D eigenvalue weighted by Gasteiger charge is -2.33. The van der Waals surface area contributed by atoms with Gasteiger partial charge in [0.15, 0.2) is 4.17 Å². The lowest BCUT2D eigenvalue weighted by molar-refractivity contribution is -0.0557. The molecule has 2 atom stereocenters. The molecule has 0 bridgehead atoms. The number of hydrogen-bond donors (Lipinski definition) is 1. The van der Waals surface area contributed by atoms with Gasteiger partial charge in [0.25, 0.3) is 0 Å². The van der Waals surface area contributed by atoms with Crippen LogP contribution < -0.4 is 0 Å². The van der Waals surface area contributed by atoms with Crippen molar-refractivity contribution in [3.8, 4) is 0 Å². The Labute approximate surface area is 145 Å². The van der Waals surface area contributed by atoms with Gasteiger partial charge in [-0.3, -0.25) is 4.81 Å². The second kappa shape index (κ2) is 7.28. The number of benzene rings is 1. The molecule has 1 heterocycles. The zero-order chi connectivity index (χ0) is 16.5. The largest absolute Gasteiger partial charge is 0.437 e. The Hall–Kier alpha value is 0.0249. The highest BCUT2D eigenvalue weighted by Crippen LogP contribution is 2.42. The molecule has 0 aromatic heterocycles. The quantitative estimate of drug-likeness (QED) is 0.483. The van der Waals surface area contributed by atoms with E-state index in [1.165, 1.54) is 11.8 Å². The van der Waals surface area contributed by atoms with Crippen LogP contribution in [0.2, 0.25) is 6.82 Å². The minimum Gasteiger partial charge on any atom is -0.437 e. The lowest BCUT2D eigenvalue weighted by atomic mass is 9.80. The molecule has 0 spiro atoms. The predicted molar refractivity (Wildman–Crippen MR) is 91.1 cm³/mol. The van der Waals surface area contributed by atoms with Crippen LogP contribution in [-0.2, 0) is 4.74 Å². The maximum Gasteiger partial charge on any atom is 0.379 e. The van der Waals surface area contributed by atoms with Gasteiger partial charge in [0.1, 0.15) is 18.5 Å².